The van der Waals surface area contributed by atoms with Gasteiger partial charge in [-0.05, 0) is 70.5 Å². The Balaban J connectivity index is 1.31. The molecule has 154 valence electrons. The summed E-state index contributed by atoms with van der Waals surface area (Å²) in [5.41, 5.74) is 1.06. The number of piperazine rings is 1. The highest BCUT2D eigenvalue weighted by atomic mass is 19.1. The van der Waals surface area contributed by atoms with Crippen LogP contribution in [-0.4, -0.2) is 84.5 Å². The number of carbonyl (C=O) groups excluding carboxylic acids is 1. The maximum Gasteiger partial charge on any atom is 0.239 e. The fraction of sp³-hybridized carbons (Fsp3) is 0.682. The van der Waals surface area contributed by atoms with E-state index in [-0.39, 0.29) is 17.8 Å². The Labute approximate surface area is 168 Å². The second-order valence-electron chi connectivity index (χ2n) is 8.55. The summed E-state index contributed by atoms with van der Waals surface area (Å²) in [6.07, 6.45) is 3.70. The zero-order valence-electron chi connectivity index (χ0n) is 17.2. The number of anilines is 1. The minimum atomic E-state index is -0.200. The molecule has 1 aromatic rings. The maximum atomic E-state index is 13.2. The molecule has 0 saturated carbocycles. The Kier molecular flexibility index (Phi) is 5.88. The lowest BCUT2D eigenvalue weighted by molar-refractivity contribution is -0.137. The van der Waals surface area contributed by atoms with Crippen molar-refractivity contribution in [1.82, 2.24) is 14.7 Å². The van der Waals surface area contributed by atoms with Crippen LogP contribution in [0.1, 0.15) is 33.1 Å². The molecule has 0 N–H and O–H groups in total. The van der Waals surface area contributed by atoms with E-state index in [0.717, 1.165) is 44.8 Å². The first kappa shape index (κ1) is 19.6. The highest BCUT2D eigenvalue weighted by Gasteiger charge is 2.40. The number of amides is 1. The van der Waals surface area contributed by atoms with Gasteiger partial charge in [0.15, 0.2) is 0 Å². The van der Waals surface area contributed by atoms with Crippen LogP contribution in [0.4, 0.5) is 10.1 Å². The molecular weight excluding hydrogens is 355 g/mol. The third-order valence-electron chi connectivity index (χ3n) is 7.02. The molecule has 1 amide bonds. The van der Waals surface area contributed by atoms with E-state index < -0.39 is 0 Å². The molecule has 3 heterocycles. The van der Waals surface area contributed by atoms with E-state index in [4.69, 9.17) is 0 Å². The minimum absolute atomic E-state index is 0.0739. The van der Waals surface area contributed by atoms with Crippen LogP contribution in [0.25, 0.3) is 0 Å². The van der Waals surface area contributed by atoms with Crippen LogP contribution in [0.5, 0.6) is 0 Å². The normalized spacial score (nSPS) is 28.1. The summed E-state index contributed by atoms with van der Waals surface area (Å²) in [4.78, 5) is 22.5. The quantitative estimate of drug-likeness (QED) is 0.793. The number of benzene rings is 1. The van der Waals surface area contributed by atoms with Crippen molar-refractivity contribution in [1.29, 1.82) is 0 Å². The largest absolute Gasteiger partial charge is 0.369 e. The highest BCUT2D eigenvalue weighted by molar-refractivity contribution is 5.82. The number of nitrogens with zero attached hydrogens (tertiary/aromatic N) is 4. The summed E-state index contributed by atoms with van der Waals surface area (Å²) in [5.74, 6) is 0.0815. The molecule has 0 aliphatic carbocycles. The van der Waals surface area contributed by atoms with Gasteiger partial charge in [0.1, 0.15) is 5.82 Å². The Morgan fingerprint density at radius 2 is 1.64 bits per heavy atom. The first-order chi connectivity index (χ1) is 13.5. The van der Waals surface area contributed by atoms with Crippen molar-refractivity contribution in [2.24, 2.45) is 0 Å². The summed E-state index contributed by atoms with van der Waals surface area (Å²) in [6.45, 7) is 11.0. The van der Waals surface area contributed by atoms with Crippen molar-refractivity contribution in [2.45, 2.75) is 51.2 Å². The second-order valence-corrected chi connectivity index (χ2v) is 8.55. The van der Waals surface area contributed by atoms with Gasteiger partial charge in [0.25, 0.3) is 0 Å². The molecule has 0 aromatic heterocycles. The van der Waals surface area contributed by atoms with Gasteiger partial charge in [0.05, 0.1) is 6.04 Å². The molecule has 6 heteroatoms. The summed E-state index contributed by atoms with van der Waals surface area (Å²) in [7, 11) is 0. The highest BCUT2D eigenvalue weighted by Crippen LogP contribution is 2.27. The molecule has 4 rings (SSSR count). The molecular formula is C22H33FN4O. The molecule has 0 spiro atoms. The standard InChI is InChI=1S/C22H33FN4O/c1-17-21(26-10-3-4-11-26)9-12-27(17)22(28)18(2)24-13-15-25(16-14-24)20-7-5-19(23)6-8-20/h5-8,17-18,21H,3-4,9-16H2,1-2H3/t17-,18+,21-/m0/s1. The van der Waals surface area contributed by atoms with Gasteiger partial charge >= 0.3 is 0 Å². The Hall–Kier alpha value is -1.66. The lowest BCUT2D eigenvalue weighted by Gasteiger charge is -2.40. The number of hydrogen-bond donors (Lipinski definition) is 0. The molecule has 1 aromatic carbocycles. The van der Waals surface area contributed by atoms with Gasteiger partial charge in [-0.1, -0.05) is 0 Å². The van der Waals surface area contributed by atoms with Gasteiger partial charge < -0.3 is 9.80 Å². The van der Waals surface area contributed by atoms with Gasteiger partial charge in [-0.15, -0.1) is 0 Å². The van der Waals surface area contributed by atoms with Crippen molar-refractivity contribution >= 4 is 11.6 Å². The second kappa shape index (κ2) is 8.37. The molecule has 3 aliphatic rings. The first-order valence-corrected chi connectivity index (χ1v) is 10.8. The van der Waals surface area contributed by atoms with E-state index >= 15 is 0 Å². The summed E-state index contributed by atoms with van der Waals surface area (Å²) >= 11 is 0. The van der Waals surface area contributed by atoms with Gasteiger partial charge in [-0.2, -0.15) is 0 Å². The van der Waals surface area contributed by atoms with E-state index in [1.807, 2.05) is 12.1 Å². The van der Waals surface area contributed by atoms with Gasteiger partial charge in [-0.25, -0.2) is 4.39 Å². The number of rotatable bonds is 4. The molecule has 3 atom stereocenters. The molecule has 3 aliphatic heterocycles. The van der Waals surface area contributed by atoms with E-state index in [1.165, 1.54) is 38.1 Å². The van der Waals surface area contributed by atoms with Gasteiger partial charge in [0.2, 0.25) is 5.91 Å². The van der Waals surface area contributed by atoms with E-state index in [1.54, 1.807) is 0 Å². The lowest BCUT2D eigenvalue weighted by Crippen LogP contribution is -2.56. The van der Waals surface area contributed by atoms with Crippen molar-refractivity contribution in [2.75, 3.05) is 50.7 Å². The van der Waals surface area contributed by atoms with Crippen LogP contribution in [0.3, 0.4) is 0 Å². The Morgan fingerprint density at radius 1 is 1.00 bits per heavy atom. The van der Waals surface area contributed by atoms with Crippen LogP contribution in [0, 0.1) is 5.82 Å². The van der Waals surface area contributed by atoms with Crippen LogP contribution in [0.2, 0.25) is 0 Å². The number of hydrogen-bond acceptors (Lipinski definition) is 4. The zero-order chi connectivity index (χ0) is 19.7. The van der Waals surface area contributed by atoms with Crippen LogP contribution in [0.15, 0.2) is 24.3 Å². The summed E-state index contributed by atoms with van der Waals surface area (Å²) in [5, 5.41) is 0. The van der Waals surface area contributed by atoms with E-state index in [9.17, 15) is 9.18 Å². The Bertz CT molecular complexity index is 668. The smallest absolute Gasteiger partial charge is 0.239 e. The van der Waals surface area contributed by atoms with Crippen LogP contribution >= 0.6 is 0 Å². The van der Waals surface area contributed by atoms with Gasteiger partial charge in [-0.3, -0.25) is 14.6 Å². The van der Waals surface area contributed by atoms with Crippen molar-refractivity contribution in [3.8, 4) is 0 Å². The average Bonchev–Trinajstić information content (AvgIpc) is 3.37. The molecule has 0 bridgehead atoms. The molecule has 0 radical (unpaired) electrons. The Morgan fingerprint density at radius 3 is 2.29 bits per heavy atom. The SMILES string of the molecule is C[C@H](C(=O)N1CC[C@H](N2CCCC2)[C@@H]1C)N1CCN(c2ccc(F)cc2)CC1. The minimum Gasteiger partial charge on any atom is -0.369 e. The number of halogens is 1. The third kappa shape index (κ3) is 3.90. The van der Waals surface area contributed by atoms with Crippen molar-refractivity contribution in [3.05, 3.63) is 30.1 Å². The van der Waals surface area contributed by atoms with E-state index in [0.29, 0.717) is 12.1 Å². The fourth-order valence-corrected chi connectivity index (χ4v) is 5.21. The van der Waals surface area contributed by atoms with Crippen LogP contribution in [-0.2, 0) is 4.79 Å². The predicted molar refractivity (Wildman–Crippen MR) is 110 cm³/mol. The predicted octanol–water partition coefficient (Wildman–Crippen LogP) is 2.42. The molecule has 0 unspecified atom stereocenters. The molecule has 28 heavy (non-hydrogen) atoms. The summed E-state index contributed by atoms with van der Waals surface area (Å²) < 4.78 is 13.1. The lowest BCUT2D eigenvalue weighted by atomic mass is 10.1. The fourth-order valence-electron chi connectivity index (χ4n) is 5.21. The maximum absolute atomic E-state index is 13.2. The van der Waals surface area contributed by atoms with Crippen molar-refractivity contribution < 1.29 is 9.18 Å². The zero-order valence-corrected chi connectivity index (χ0v) is 17.2. The number of carbonyl (C=O) groups is 1. The van der Waals surface area contributed by atoms with E-state index in [2.05, 4.69) is 33.4 Å². The molecule has 3 saturated heterocycles. The third-order valence-corrected chi connectivity index (χ3v) is 7.02. The number of likely N-dealkylation sites (tertiary alicyclic amines) is 2. The first-order valence-electron chi connectivity index (χ1n) is 10.8. The molecule has 5 nitrogen and oxygen atoms in total. The monoisotopic (exact) mass is 388 g/mol. The molecule has 3 fully saturated rings. The topological polar surface area (TPSA) is 30.0 Å². The van der Waals surface area contributed by atoms with Crippen LogP contribution < -0.4 is 4.90 Å². The van der Waals surface area contributed by atoms with Gasteiger partial charge in [0, 0.05) is 50.5 Å². The van der Waals surface area contributed by atoms with Crippen molar-refractivity contribution in [3.63, 3.8) is 0 Å². The average molecular weight is 389 g/mol. The summed E-state index contributed by atoms with van der Waals surface area (Å²) in [6, 6.07) is 7.48.